The van der Waals surface area contributed by atoms with Crippen molar-refractivity contribution in [3.8, 4) is 0 Å². The first kappa shape index (κ1) is 38.8. The molecule has 5 atom stereocenters. The number of nitrogens with one attached hydrogen (secondary N) is 4. The van der Waals surface area contributed by atoms with Gasteiger partial charge in [0.25, 0.3) is 5.91 Å². The predicted molar refractivity (Wildman–Crippen MR) is 180 cm³/mol. The van der Waals surface area contributed by atoms with Gasteiger partial charge in [-0.05, 0) is 48.3 Å². The van der Waals surface area contributed by atoms with Crippen molar-refractivity contribution in [1.82, 2.24) is 26.2 Å². The van der Waals surface area contributed by atoms with Crippen LogP contribution in [0.15, 0.2) is 12.7 Å². The van der Waals surface area contributed by atoms with Crippen LogP contribution in [0.4, 0.5) is 9.59 Å². The molecule has 1 unspecified atom stereocenters. The summed E-state index contributed by atoms with van der Waals surface area (Å²) in [5.74, 6) is -2.65. The van der Waals surface area contributed by atoms with Gasteiger partial charge in [0.1, 0.15) is 18.7 Å². The van der Waals surface area contributed by atoms with Crippen LogP contribution in [0.2, 0.25) is 0 Å². The second-order valence-electron chi connectivity index (χ2n) is 15.0. The van der Waals surface area contributed by atoms with Crippen molar-refractivity contribution in [2.45, 2.75) is 117 Å². The molecule has 3 rings (SSSR count). The molecule has 1 aliphatic heterocycles. The molecule has 0 aromatic rings. The summed E-state index contributed by atoms with van der Waals surface area (Å²) in [7, 11) is 0. The molecule has 270 valence electrons. The van der Waals surface area contributed by atoms with Crippen LogP contribution in [0.1, 0.15) is 93.4 Å². The van der Waals surface area contributed by atoms with Gasteiger partial charge in [-0.1, -0.05) is 80.2 Å². The number of ether oxygens (including phenoxy) is 2. The maximum absolute atomic E-state index is 14.2. The average Bonchev–Trinajstić information content (AvgIpc) is 3.34. The molecular formula is C35H57N5O8. The van der Waals surface area contributed by atoms with Crippen molar-refractivity contribution in [3.63, 3.8) is 0 Å². The quantitative estimate of drug-likeness (QED) is 0.109. The van der Waals surface area contributed by atoms with Crippen molar-refractivity contribution < 1.29 is 38.2 Å². The van der Waals surface area contributed by atoms with Gasteiger partial charge in [0.05, 0.1) is 18.2 Å². The van der Waals surface area contributed by atoms with E-state index in [4.69, 9.17) is 9.47 Å². The highest BCUT2D eigenvalue weighted by atomic mass is 16.7. The van der Waals surface area contributed by atoms with Crippen molar-refractivity contribution in [2.75, 3.05) is 26.3 Å². The Bertz CT molecular complexity index is 1210. The van der Waals surface area contributed by atoms with Gasteiger partial charge in [-0.2, -0.15) is 0 Å². The molecule has 4 N–H and O–H groups in total. The third-order valence-corrected chi connectivity index (χ3v) is 10.0. The standard InChI is InChI=1S/C35H57N5O8/c1-9-14-24(28(41)30(43)36-17-10-2)37-29(42)27-25-23(34(25,7)8)18-40(27)31(44)26(22(5)6)38-32(45)39-35(15-12-11-13-16-35)20-48-33(46)47-19-21(3)4/h10,21-27H,2,9,11-20H2,1,3-8H3,(H,36,43)(H,37,42)(H2,38,39,45)/t23-,24?,25-,26-,27-/m0/s1. The van der Waals surface area contributed by atoms with E-state index in [1.165, 1.54) is 11.0 Å². The van der Waals surface area contributed by atoms with Crippen LogP contribution >= 0.6 is 0 Å². The lowest BCUT2D eigenvalue weighted by molar-refractivity contribution is -0.144. The topological polar surface area (TPSA) is 172 Å². The summed E-state index contributed by atoms with van der Waals surface area (Å²) in [6.07, 6.45) is 5.39. The molecule has 0 spiro atoms. The molecule has 2 saturated carbocycles. The average molecular weight is 676 g/mol. The van der Waals surface area contributed by atoms with Gasteiger partial charge in [-0.15, -0.1) is 6.58 Å². The monoisotopic (exact) mass is 675 g/mol. The lowest BCUT2D eigenvalue weighted by atomic mass is 9.82. The smallest absolute Gasteiger partial charge is 0.434 e. The van der Waals surface area contributed by atoms with E-state index in [0.29, 0.717) is 25.8 Å². The van der Waals surface area contributed by atoms with Gasteiger partial charge in [0.15, 0.2) is 0 Å². The van der Waals surface area contributed by atoms with Crippen molar-refractivity contribution in [2.24, 2.45) is 29.1 Å². The SMILES string of the molecule is C=CCNC(=O)C(=O)C(CCC)NC(=O)[C@@H]1[C@@H]2[C@H](CN1C(=O)[C@@H](NC(=O)NC1(COC(=O)OCC(C)C)CCCCC1)C(C)C)C2(C)C. The number of carbonyl (C=O) groups excluding carboxylic acids is 6. The first-order valence-electron chi connectivity index (χ1n) is 17.5. The highest BCUT2D eigenvalue weighted by molar-refractivity contribution is 6.38. The zero-order chi connectivity index (χ0) is 35.8. The molecule has 13 heteroatoms. The molecule has 13 nitrogen and oxygen atoms in total. The first-order valence-corrected chi connectivity index (χ1v) is 17.5. The Kier molecular flexibility index (Phi) is 13.5. The van der Waals surface area contributed by atoms with E-state index in [2.05, 4.69) is 41.7 Å². The number of amides is 5. The van der Waals surface area contributed by atoms with Gasteiger partial charge in [-0.25, -0.2) is 9.59 Å². The van der Waals surface area contributed by atoms with E-state index >= 15 is 0 Å². The third-order valence-electron chi connectivity index (χ3n) is 10.0. The largest absolute Gasteiger partial charge is 0.508 e. The molecule has 5 amide bonds. The van der Waals surface area contributed by atoms with Gasteiger partial charge in [0, 0.05) is 13.1 Å². The lowest BCUT2D eigenvalue weighted by Crippen LogP contribution is -2.62. The fourth-order valence-electron chi connectivity index (χ4n) is 7.16. The summed E-state index contributed by atoms with van der Waals surface area (Å²) >= 11 is 0. The molecule has 1 heterocycles. The summed E-state index contributed by atoms with van der Waals surface area (Å²) in [4.78, 5) is 80.7. The number of ketones is 1. The summed E-state index contributed by atoms with van der Waals surface area (Å²) in [5.41, 5.74) is -0.990. The van der Waals surface area contributed by atoms with Crippen molar-refractivity contribution in [3.05, 3.63) is 12.7 Å². The number of hydrogen-bond acceptors (Lipinski definition) is 8. The second-order valence-corrected chi connectivity index (χ2v) is 15.0. The molecule has 1 saturated heterocycles. The Labute approximate surface area is 285 Å². The summed E-state index contributed by atoms with van der Waals surface area (Å²) in [6, 6.07) is -3.40. The van der Waals surface area contributed by atoms with E-state index in [1.807, 2.05) is 34.6 Å². The number of piperidine rings is 1. The molecular weight excluding hydrogens is 618 g/mol. The fraction of sp³-hybridized carbons (Fsp3) is 0.771. The number of nitrogens with zero attached hydrogens (tertiary/aromatic N) is 1. The number of fused-ring (bicyclic) bond motifs is 1. The number of likely N-dealkylation sites (tertiary alicyclic amines) is 1. The van der Waals surface area contributed by atoms with Gasteiger partial charge < -0.3 is 35.6 Å². The molecule has 3 aliphatic rings. The number of carbonyl (C=O) groups is 6. The second kappa shape index (κ2) is 16.6. The summed E-state index contributed by atoms with van der Waals surface area (Å²) in [6.45, 7) is 17.6. The van der Waals surface area contributed by atoms with Gasteiger partial charge >= 0.3 is 12.2 Å². The molecule has 48 heavy (non-hydrogen) atoms. The zero-order valence-corrected chi connectivity index (χ0v) is 29.8. The molecule has 0 bridgehead atoms. The van der Waals surface area contributed by atoms with Crippen LogP contribution in [0, 0.1) is 29.1 Å². The number of hydrogen-bond donors (Lipinski definition) is 4. The Morgan fingerprint density at radius 1 is 0.979 bits per heavy atom. The van der Waals surface area contributed by atoms with Crippen LogP contribution in [-0.4, -0.2) is 90.6 Å². The van der Waals surface area contributed by atoms with Crippen LogP contribution in [-0.2, 0) is 28.7 Å². The minimum Gasteiger partial charge on any atom is -0.434 e. The first-order chi connectivity index (χ1) is 22.6. The summed E-state index contributed by atoms with van der Waals surface area (Å²) in [5, 5.41) is 11.1. The molecule has 0 radical (unpaired) electrons. The minimum atomic E-state index is -1.04. The minimum absolute atomic E-state index is 0.0479. The van der Waals surface area contributed by atoms with Crippen LogP contribution in [0.5, 0.6) is 0 Å². The maximum atomic E-state index is 14.2. The molecule has 2 aliphatic carbocycles. The lowest BCUT2D eigenvalue weighted by Gasteiger charge is -2.38. The maximum Gasteiger partial charge on any atom is 0.508 e. The normalized spacial score (nSPS) is 23.3. The predicted octanol–water partition coefficient (Wildman–Crippen LogP) is 3.46. The van der Waals surface area contributed by atoms with Gasteiger partial charge in [-0.3, -0.25) is 19.2 Å². The molecule has 3 fully saturated rings. The van der Waals surface area contributed by atoms with Crippen LogP contribution in [0.3, 0.4) is 0 Å². The highest BCUT2D eigenvalue weighted by Crippen LogP contribution is 2.65. The Morgan fingerprint density at radius 3 is 2.23 bits per heavy atom. The fourth-order valence-corrected chi connectivity index (χ4v) is 7.16. The van der Waals surface area contributed by atoms with E-state index in [-0.39, 0.29) is 55.3 Å². The van der Waals surface area contributed by atoms with E-state index < -0.39 is 59.4 Å². The molecule has 0 aromatic carbocycles. The van der Waals surface area contributed by atoms with E-state index in [9.17, 15) is 28.8 Å². The molecule has 0 aromatic heterocycles. The van der Waals surface area contributed by atoms with Crippen LogP contribution < -0.4 is 21.3 Å². The van der Waals surface area contributed by atoms with Crippen LogP contribution in [0.25, 0.3) is 0 Å². The Balaban J connectivity index is 1.74. The number of rotatable bonds is 16. The summed E-state index contributed by atoms with van der Waals surface area (Å²) < 4.78 is 10.6. The number of urea groups is 1. The van der Waals surface area contributed by atoms with E-state index in [1.54, 1.807) is 0 Å². The van der Waals surface area contributed by atoms with Crippen molar-refractivity contribution in [1.29, 1.82) is 0 Å². The van der Waals surface area contributed by atoms with E-state index in [0.717, 1.165) is 19.3 Å². The highest BCUT2D eigenvalue weighted by Gasteiger charge is 2.69. The number of Topliss-reactive ketones (excluding diaryl/α,β-unsaturated/α-hetero) is 1. The Morgan fingerprint density at radius 2 is 1.65 bits per heavy atom. The Hall–Kier alpha value is -3.64. The zero-order valence-electron chi connectivity index (χ0n) is 29.8. The third kappa shape index (κ3) is 9.49. The van der Waals surface area contributed by atoms with Gasteiger partial charge in [0.2, 0.25) is 17.6 Å². The van der Waals surface area contributed by atoms with Crippen molar-refractivity contribution >= 4 is 35.7 Å².